The minimum atomic E-state index is -0.480. The number of aliphatic hydroxyl groups is 1. The zero-order valence-corrected chi connectivity index (χ0v) is 8.34. The molecule has 2 aliphatic rings. The molecule has 2 fully saturated rings. The molecule has 2 unspecified atom stereocenters. The predicted octanol–water partition coefficient (Wildman–Crippen LogP) is 0.228. The Morgan fingerprint density at radius 1 is 1.46 bits per heavy atom. The van der Waals surface area contributed by atoms with Crippen LogP contribution in [0.1, 0.15) is 32.6 Å². The second-order valence-electron chi connectivity index (χ2n) is 4.83. The first-order valence-electron chi connectivity index (χ1n) is 5.28. The molecule has 0 aromatic carbocycles. The predicted molar refractivity (Wildman–Crippen MR) is 52.4 cm³/mol. The molecular formula is C10H20N2O. The standard InChI is InChI=1S/C10H20N2O/c1-8-6-10(13,4-5-12-8)9(7-11)2-3-9/h8,12-13H,2-7,11H2,1H3. The Kier molecular flexibility index (Phi) is 2.13. The van der Waals surface area contributed by atoms with Crippen LogP contribution in [0.3, 0.4) is 0 Å². The summed E-state index contributed by atoms with van der Waals surface area (Å²) >= 11 is 0. The highest BCUT2D eigenvalue weighted by molar-refractivity contribution is 5.11. The molecule has 0 spiro atoms. The van der Waals surface area contributed by atoms with E-state index in [1.54, 1.807) is 0 Å². The molecule has 1 saturated carbocycles. The molecule has 3 nitrogen and oxygen atoms in total. The number of nitrogens with two attached hydrogens (primary N) is 1. The number of hydrogen-bond donors (Lipinski definition) is 3. The van der Waals surface area contributed by atoms with Gasteiger partial charge in [-0.1, -0.05) is 0 Å². The Labute approximate surface area is 79.7 Å². The number of rotatable bonds is 2. The average Bonchev–Trinajstić information content (AvgIpc) is 2.83. The van der Waals surface area contributed by atoms with Crippen LogP contribution in [0.2, 0.25) is 0 Å². The van der Waals surface area contributed by atoms with Crippen LogP contribution in [0, 0.1) is 5.41 Å². The van der Waals surface area contributed by atoms with Crippen molar-refractivity contribution >= 4 is 0 Å². The van der Waals surface area contributed by atoms with Crippen molar-refractivity contribution < 1.29 is 5.11 Å². The first kappa shape index (κ1) is 9.44. The van der Waals surface area contributed by atoms with Crippen LogP contribution in [0.4, 0.5) is 0 Å². The maximum Gasteiger partial charge on any atom is 0.0742 e. The van der Waals surface area contributed by atoms with E-state index >= 15 is 0 Å². The first-order valence-corrected chi connectivity index (χ1v) is 5.28. The minimum absolute atomic E-state index is 0.0728. The maximum absolute atomic E-state index is 10.5. The van der Waals surface area contributed by atoms with E-state index in [1.165, 1.54) is 0 Å². The van der Waals surface area contributed by atoms with Gasteiger partial charge in [0.1, 0.15) is 0 Å². The summed E-state index contributed by atoms with van der Waals surface area (Å²) in [5.74, 6) is 0. The largest absolute Gasteiger partial charge is 0.389 e. The second-order valence-corrected chi connectivity index (χ2v) is 4.83. The third kappa shape index (κ3) is 1.39. The van der Waals surface area contributed by atoms with Crippen molar-refractivity contribution in [1.82, 2.24) is 5.32 Å². The van der Waals surface area contributed by atoms with E-state index in [0.717, 1.165) is 32.2 Å². The van der Waals surface area contributed by atoms with Crippen LogP contribution in [-0.2, 0) is 0 Å². The molecular weight excluding hydrogens is 164 g/mol. The molecule has 0 amide bonds. The second kappa shape index (κ2) is 2.94. The Bertz CT molecular complexity index is 203. The Morgan fingerprint density at radius 2 is 2.15 bits per heavy atom. The van der Waals surface area contributed by atoms with Crippen LogP contribution in [0.25, 0.3) is 0 Å². The van der Waals surface area contributed by atoms with Crippen molar-refractivity contribution in [3.8, 4) is 0 Å². The molecule has 1 heterocycles. The lowest BCUT2D eigenvalue weighted by atomic mass is 9.75. The van der Waals surface area contributed by atoms with Gasteiger partial charge in [-0.25, -0.2) is 0 Å². The van der Waals surface area contributed by atoms with Crippen molar-refractivity contribution in [3.05, 3.63) is 0 Å². The molecule has 4 N–H and O–H groups in total. The monoisotopic (exact) mass is 184 g/mol. The minimum Gasteiger partial charge on any atom is -0.389 e. The lowest BCUT2D eigenvalue weighted by Gasteiger charge is -2.42. The third-order valence-corrected chi connectivity index (χ3v) is 3.91. The normalized spacial score (nSPS) is 43.2. The van der Waals surface area contributed by atoms with Crippen molar-refractivity contribution in [2.75, 3.05) is 13.1 Å². The fourth-order valence-electron chi connectivity index (χ4n) is 2.70. The van der Waals surface area contributed by atoms with E-state index in [0.29, 0.717) is 12.6 Å². The fourth-order valence-corrected chi connectivity index (χ4v) is 2.70. The molecule has 76 valence electrons. The number of piperidine rings is 1. The van der Waals surface area contributed by atoms with Gasteiger partial charge in [0, 0.05) is 18.0 Å². The summed E-state index contributed by atoms with van der Waals surface area (Å²) in [5.41, 5.74) is 5.34. The van der Waals surface area contributed by atoms with E-state index in [4.69, 9.17) is 5.73 Å². The summed E-state index contributed by atoms with van der Waals surface area (Å²) in [6.07, 6.45) is 3.97. The van der Waals surface area contributed by atoms with Crippen LogP contribution >= 0.6 is 0 Å². The van der Waals surface area contributed by atoms with Crippen LogP contribution in [-0.4, -0.2) is 29.8 Å². The average molecular weight is 184 g/mol. The molecule has 0 aromatic rings. The summed E-state index contributed by atoms with van der Waals surface area (Å²) in [6, 6.07) is 0.433. The van der Waals surface area contributed by atoms with Crippen LogP contribution in [0.15, 0.2) is 0 Å². The van der Waals surface area contributed by atoms with E-state index in [2.05, 4.69) is 12.2 Å². The molecule has 3 heteroatoms. The number of hydrogen-bond acceptors (Lipinski definition) is 3. The highest BCUT2D eigenvalue weighted by Crippen LogP contribution is 2.56. The van der Waals surface area contributed by atoms with Crippen molar-refractivity contribution in [2.24, 2.45) is 11.1 Å². The molecule has 0 radical (unpaired) electrons. The Morgan fingerprint density at radius 3 is 2.62 bits per heavy atom. The van der Waals surface area contributed by atoms with E-state index in [9.17, 15) is 5.11 Å². The molecule has 13 heavy (non-hydrogen) atoms. The molecule has 1 saturated heterocycles. The Hall–Kier alpha value is -0.120. The summed E-state index contributed by atoms with van der Waals surface area (Å²) < 4.78 is 0. The van der Waals surface area contributed by atoms with Gasteiger partial charge in [0.2, 0.25) is 0 Å². The van der Waals surface area contributed by atoms with Gasteiger partial charge in [-0.3, -0.25) is 0 Å². The third-order valence-electron chi connectivity index (χ3n) is 3.91. The van der Waals surface area contributed by atoms with E-state index < -0.39 is 5.60 Å². The first-order chi connectivity index (χ1) is 6.12. The SMILES string of the molecule is CC1CC(O)(C2(CN)CC2)CCN1. The van der Waals surface area contributed by atoms with Crippen molar-refractivity contribution in [3.63, 3.8) is 0 Å². The zero-order chi connectivity index (χ0) is 9.53. The van der Waals surface area contributed by atoms with Crippen LogP contribution in [0.5, 0.6) is 0 Å². The lowest BCUT2D eigenvalue weighted by molar-refractivity contribution is -0.0630. The zero-order valence-electron chi connectivity index (χ0n) is 8.34. The Balaban J connectivity index is 2.10. The quantitative estimate of drug-likeness (QED) is 0.576. The summed E-state index contributed by atoms with van der Waals surface area (Å²) in [7, 11) is 0. The van der Waals surface area contributed by atoms with Gasteiger partial charge in [-0.15, -0.1) is 0 Å². The summed E-state index contributed by atoms with van der Waals surface area (Å²) in [6.45, 7) is 3.71. The van der Waals surface area contributed by atoms with Gasteiger partial charge >= 0.3 is 0 Å². The topological polar surface area (TPSA) is 58.3 Å². The van der Waals surface area contributed by atoms with Gasteiger partial charge in [0.05, 0.1) is 5.60 Å². The van der Waals surface area contributed by atoms with Crippen LogP contribution < -0.4 is 11.1 Å². The molecule has 1 aliphatic carbocycles. The summed E-state index contributed by atoms with van der Waals surface area (Å²) in [4.78, 5) is 0. The van der Waals surface area contributed by atoms with E-state index in [1.807, 2.05) is 0 Å². The maximum atomic E-state index is 10.5. The molecule has 2 rings (SSSR count). The molecule has 2 atom stereocenters. The lowest BCUT2D eigenvalue weighted by Crippen LogP contribution is -2.53. The van der Waals surface area contributed by atoms with Crippen molar-refractivity contribution in [1.29, 1.82) is 0 Å². The number of nitrogens with one attached hydrogen (secondary N) is 1. The van der Waals surface area contributed by atoms with Gasteiger partial charge in [-0.2, -0.15) is 0 Å². The van der Waals surface area contributed by atoms with Crippen molar-refractivity contribution in [2.45, 2.75) is 44.2 Å². The van der Waals surface area contributed by atoms with Gasteiger partial charge < -0.3 is 16.2 Å². The van der Waals surface area contributed by atoms with Gasteiger partial charge in [0.25, 0.3) is 0 Å². The van der Waals surface area contributed by atoms with Gasteiger partial charge in [-0.05, 0) is 39.2 Å². The molecule has 1 aliphatic heterocycles. The highest BCUT2D eigenvalue weighted by atomic mass is 16.3. The molecule has 0 bridgehead atoms. The molecule has 0 aromatic heterocycles. The highest BCUT2D eigenvalue weighted by Gasteiger charge is 2.58. The van der Waals surface area contributed by atoms with Gasteiger partial charge in [0.15, 0.2) is 0 Å². The fraction of sp³-hybridized carbons (Fsp3) is 1.00. The summed E-state index contributed by atoms with van der Waals surface area (Å²) in [5, 5.41) is 13.9. The smallest absolute Gasteiger partial charge is 0.0742 e. The van der Waals surface area contributed by atoms with E-state index in [-0.39, 0.29) is 5.41 Å².